The molecule has 0 bridgehead atoms. The van der Waals surface area contributed by atoms with Crippen LogP contribution in [0, 0.1) is 0 Å². The van der Waals surface area contributed by atoms with Gasteiger partial charge >= 0.3 is 0 Å². The molecular weight excluding hydrogens is 296 g/mol. The monoisotopic (exact) mass is 328 g/mol. The Labute approximate surface area is 143 Å². The lowest BCUT2D eigenvalue weighted by Crippen LogP contribution is -2.34. The number of hydrogen-bond acceptors (Lipinski definition) is 1. The normalized spacial score (nSPS) is 21.7. The van der Waals surface area contributed by atoms with Gasteiger partial charge in [-0.15, -0.1) is 0 Å². The van der Waals surface area contributed by atoms with Crippen molar-refractivity contribution in [3.05, 3.63) is 59.2 Å². The van der Waals surface area contributed by atoms with Crippen molar-refractivity contribution >= 4 is 8.32 Å². The van der Waals surface area contributed by atoms with Crippen molar-refractivity contribution in [2.45, 2.75) is 71.2 Å². The maximum absolute atomic E-state index is 6.52. The second kappa shape index (κ2) is 8.65. The minimum Gasteiger partial charge on any atom is -0.411 e. The Hall–Kier alpha value is -1.12. The lowest BCUT2D eigenvalue weighted by Gasteiger charge is -2.33. The summed E-state index contributed by atoms with van der Waals surface area (Å²) in [5.41, 5.74) is 4.51. The smallest absolute Gasteiger partial charge is 0.184 e. The molecule has 1 fully saturated rings. The van der Waals surface area contributed by atoms with Crippen LogP contribution in [-0.4, -0.2) is 14.4 Å². The third-order valence-electron chi connectivity index (χ3n) is 4.35. The Balaban J connectivity index is 2.18. The highest BCUT2D eigenvalue weighted by molar-refractivity contribution is 6.69. The van der Waals surface area contributed by atoms with Gasteiger partial charge < -0.3 is 4.43 Å². The number of benzene rings is 1. The molecule has 0 spiro atoms. The summed E-state index contributed by atoms with van der Waals surface area (Å²) in [5.74, 6) is 0. The van der Waals surface area contributed by atoms with Gasteiger partial charge in [-0.25, -0.2) is 0 Å². The van der Waals surface area contributed by atoms with Crippen LogP contribution in [0.2, 0.25) is 19.6 Å². The molecule has 1 atom stereocenters. The van der Waals surface area contributed by atoms with Gasteiger partial charge in [0.15, 0.2) is 8.32 Å². The van der Waals surface area contributed by atoms with Crippen molar-refractivity contribution in [3.8, 4) is 0 Å². The number of aryl methyl sites for hydroxylation is 1. The Kier molecular flexibility index (Phi) is 6.85. The van der Waals surface area contributed by atoms with Crippen LogP contribution < -0.4 is 0 Å². The second-order valence-electron chi connectivity index (χ2n) is 7.50. The van der Waals surface area contributed by atoms with Crippen molar-refractivity contribution < 1.29 is 4.43 Å². The maximum Gasteiger partial charge on any atom is 0.184 e. The molecular formula is C21H32OSi. The first-order chi connectivity index (χ1) is 11.0. The molecule has 0 N–H and O–H groups in total. The molecule has 126 valence electrons. The quantitative estimate of drug-likeness (QED) is 0.558. The van der Waals surface area contributed by atoms with E-state index >= 15 is 0 Å². The van der Waals surface area contributed by atoms with Crippen LogP contribution in [0.15, 0.2) is 53.6 Å². The molecule has 1 aromatic carbocycles. The zero-order valence-corrected chi connectivity index (χ0v) is 16.3. The predicted octanol–water partition coefficient (Wildman–Crippen LogP) is 6.29. The molecule has 1 aliphatic rings. The van der Waals surface area contributed by atoms with E-state index in [9.17, 15) is 0 Å². The van der Waals surface area contributed by atoms with E-state index in [1.807, 2.05) is 0 Å². The Bertz CT molecular complexity index is 537. The topological polar surface area (TPSA) is 9.23 Å². The largest absolute Gasteiger partial charge is 0.411 e. The van der Waals surface area contributed by atoms with Gasteiger partial charge in [-0.2, -0.15) is 0 Å². The SMILES string of the molecule is C/C=C/C(CCc1ccccc1)=C1/CCCCC1O[Si](C)(C)C. The molecule has 2 heteroatoms. The van der Waals surface area contributed by atoms with Gasteiger partial charge in [-0.3, -0.25) is 0 Å². The minimum absolute atomic E-state index is 0.359. The molecule has 1 unspecified atom stereocenters. The summed E-state index contributed by atoms with van der Waals surface area (Å²) in [6, 6.07) is 10.8. The maximum atomic E-state index is 6.52. The zero-order chi connectivity index (χ0) is 16.7. The van der Waals surface area contributed by atoms with Crippen LogP contribution in [0.3, 0.4) is 0 Å². The minimum atomic E-state index is -1.50. The van der Waals surface area contributed by atoms with Crippen LogP contribution in [-0.2, 0) is 10.8 Å². The van der Waals surface area contributed by atoms with Gasteiger partial charge in [0.25, 0.3) is 0 Å². The molecule has 1 aliphatic carbocycles. The van der Waals surface area contributed by atoms with Crippen LogP contribution in [0.5, 0.6) is 0 Å². The van der Waals surface area contributed by atoms with Crippen LogP contribution in [0.25, 0.3) is 0 Å². The first kappa shape index (κ1) is 18.2. The Morgan fingerprint density at radius 1 is 1.17 bits per heavy atom. The van der Waals surface area contributed by atoms with E-state index < -0.39 is 8.32 Å². The summed E-state index contributed by atoms with van der Waals surface area (Å²) < 4.78 is 6.52. The third-order valence-corrected chi connectivity index (χ3v) is 5.34. The molecule has 2 rings (SSSR count). The van der Waals surface area contributed by atoms with Crippen LogP contribution in [0.4, 0.5) is 0 Å². The fourth-order valence-electron chi connectivity index (χ4n) is 3.38. The average Bonchev–Trinajstić information content (AvgIpc) is 2.52. The van der Waals surface area contributed by atoms with Crippen molar-refractivity contribution in [3.63, 3.8) is 0 Å². The molecule has 0 radical (unpaired) electrons. The van der Waals surface area contributed by atoms with E-state index in [0.29, 0.717) is 6.10 Å². The zero-order valence-electron chi connectivity index (χ0n) is 15.3. The Morgan fingerprint density at radius 2 is 1.91 bits per heavy atom. The van der Waals surface area contributed by atoms with Gasteiger partial charge in [0.1, 0.15) is 0 Å². The van der Waals surface area contributed by atoms with Crippen molar-refractivity contribution in [2.75, 3.05) is 0 Å². The van der Waals surface area contributed by atoms with Crippen LogP contribution >= 0.6 is 0 Å². The lowest BCUT2D eigenvalue weighted by molar-refractivity contribution is 0.195. The van der Waals surface area contributed by atoms with E-state index in [0.717, 1.165) is 12.8 Å². The lowest BCUT2D eigenvalue weighted by atomic mass is 9.86. The van der Waals surface area contributed by atoms with E-state index in [-0.39, 0.29) is 0 Å². The summed E-state index contributed by atoms with van der Waals surface area (Å²) in [6.07, 6.45) is 12.1. The van der Waals surface area contributed by atoms with E-state index in [4.69, 9.17) is 4.43 Å². The van der Waals surface area contributed by atoms with Gasteiger partial charge in [-0.05, 0) is 75.4 Å². The highest BCUT2D eigenvalue weighted by atomic mass is 28.4. The molecule has 1 nitrogen and oxygen atoms in total. The van der Waals surface area contributed by atoms with Gasteiger partial charge in [0.2, 0.25) is 0 Å². The Morgan fingerprint density at radius 3 is 2.57 bits per heavy atom. The molecule has 0 amide bonds. The summed E-state index contributed by atoms with van der Waals surface area (Å²) in [5, 5.41) is 0. The van der Waals surface area contributed by atoms with Crippen molar-refractivity contribution in [2.24, 2.45) is 0 Å². The molecule has 23 heavy (non-hydrogen) atoms. The highest BCUT2D eigenvalue weighted by Crippen LogP contribution is 2.32. The number of allylic oxidation sites excluding steroid dienone is 3. The predicted molar refractivity (Wildman–Crippen MR) is 103 cm³/mol. The van der Waals surface area contributed by atoms with Gasteiger partial charge in [-0.1, -0.05) is 48.9 Å². The van der Waals surface area contributed by atoms with E-state index in [1.165, 1.54) is 36.8 Å². The summed E-state index contributed by atoms with van der Waals surface area (Å²) in [7, 11) is -1.50. The van der Waals surface area contributed by atoms with Gasteiger partial charge in [0, 0.05) is 0 Å². The van der Waals surface area contributed by atoms with E-state index in [1.54, 1.807) is 5.57 Å². The van der Waals surface area contributed by atoms with Crippen LogP contribution in [0.1, 0.15) is 44.6 Å². The average molecular weight is 329 g/mol. The second-order valence-corrected chi connectivity index (χ2v) is 12.0. The molecule has 0 aromatic heterocycles. The first-order valence-electron chi connectivity index (χ1n) is 9.06. The standard InChI is InChI=1S/C21H32OSi/c1-5-11-19(17-16-18-12-7-6-8-13-18)20-14-9-10-15-21(20)22-23(2,3)4/h5-8,11-13,21H,9-10,14-17H2,1-4H3/b11-5+,20-19+. The third kappa shape index (κ3) is 6.12. The molecule has 1 aromatic rings. The first-order valence-corrected chi connectivity index (χ1v) is 12.5. The van der Waals surface area contributed by atoms with E-state index in [2.05, 4.69) is 69.0 Å². The van der Waals surface area contributed by atoms with Gasteiger partial charge in [0.05, 0.1) is 6.10 Å². The summed E-state index contributed by atoms with van der Waals surface area (Å²) in [4.78, 5) is 0. The summed E-state index contributed by atoms with van der Waals surface area (Å²) in [6.45, 7) is 9.04. The molecule has 0 saturated heterocycles. The molecule has 0 heterocycles. The molecule has 0 aliphatic heterocycles. The summed E-state index contributed by atoms with van der Waals surface area (Å²) >= 11 is 0. The number of hydrogen-bond donors (Lipinski definition) is 0. The highest BCUT2D eigenvalue weighted by Gasteiger charge is 2.27. The number of rotatable bonds is 6. The fraction of sp³-hybridized carbons (Fsp3) is 0.524. The van der Waals surface area contributed by atoms with Crippen molar-refractivity contribution in [1.82, 2.24) is 0 Å². The fourth-order valence-corrected chi connectivity index (χ4v) is 4.49. The van der Waals surface area contributed by atoms with Crippen molar-refractivity contribution in [1.29, 1.82) is 0 Å². The molecule has 1 saturated carbocycles.